The van der Waals surface area contributed by atoms with Crippen molar-refractivity contribution in [1.29, 1.82) is 0 Å². The van der Waals surface area contributed by atoms with E-state index in [1.165, 1.54) is 30.5 Å². The number of hydroxylamine groups is 2. The lowest BCUT2D eigenvalue weighted by Gasteiger charge is -2.12. The van der Waals surface area contributed by atoms with E-state index in [0.29, 0.717) is 15.9 Å². The number of halogens is 1. The summed E-state index contributed by atoms with van der Waals surface area (Å²) in [4.78, 5) is 45.7. The van der Waals surface area contributed by atoms with Gasteiger partial charge in [-0.1, -0.05) is 35.0 Å². The van der Waals surface area contributed by atoms with E-state index < -0.39 is 23.6 Å². The van der Waals surface area contributed by atoms with Crippen molar-refractivity contribution in [3.63, 3.8) is 0 Å². The number of fused-ring (bicyclic) bond motifs is 1. The minimum atomic E-state index is -0.784. The molecule has 4 rings (SSSR count). The highest BCUT2D eigenvalue weighted by molar-refractivity contribution is 7.99. The van der Waals surface area contributed by atoms with E-state index in [2.05, 4.69) is 4.98 Å². The molecule has 0 aliphatic carbocycles. The SMILES string of the molecule is O=C(CSc1nccn1-c1cccc(F)c1)ON1C(=O)c2ccccc2C1=O. The summed E-state index contributed by atoms with van der Waals surface area (Å²) in [6.45, 7) is 0. The second-order valence-corrected chi connectivity index (χ2v) is 6.70. The topological polar surface area (TPSA) is 81.5 Å². The first kappa shape index (κ1) is 17.9. The number of hydrogen-bond donors (Lipinski definition) is 0. The predicted molar refractivity (Wildman–Crippen MR) is 97.3 cm³/mol. The van der Waals surface area contributed by atoms with Crippen molar-refractivity contribution in [2.45, 2.75) is 5.16 Å². The lowest BCUT2D eigenvalue weighted by molar-refractivity contribution is -0.165. The van der Waals surface area contributed by atoms with E-state index in [1.54, 1.807) is 35.0 Å². The van der Waals surface area contributed by atoms with Crippen molar-refractivity contribution in [2.75, 3.05) is 5.75 Å². The summed E-state index contributed by atoms with van der Waals surface area (Å²) in [6, 6.07) is 12.2. The number of benzene rings is 2. The van der Waals surface area contributed by atoms with Gasteiger partial charge in [0.05, 0.1) is 16.8 Å². The van der Waals surface area contributed by atoms with Crippen LogP contribution in [0, 0.1) is 5.82 Å². The Labute approximate surface area is 162 Å². The van der Waals surface area contributed by atoms with Gasteiger partial charge in [0.1, 0.15) is 11.6 Å². The third-order valence-corrected chi connectivity index (χ3v) is 4.90. The number of imide groups is 1. The van der Waals surface area contributed by atoms with Crippen LogP contribution in [0.3, 0.4) is 0 Å². The molecule has 28 heavy (non-hydrogen) atoms. The average molecular weight is 397 g/mol. The van der Waals surface area contributed by atoms with Crippen LogP contribution in [-0.2, 0) is 9.63 Å². The van der Waals surface area contributed by atoms with Crippen LogP contribution in [0.4, 0.5) is 4.39 Å². The number of carbonyl (C=O) groups is 3. The highest BCUT2D eigenvalue weighted by atomic mass is 32.2. The Balaban J connectivity index is 1.42. The molecule has 1 aliphatic heterocycles. The van der Waals surface area contributed by atoms with Crippen molar-refractivity contribution >= 4 is 29.5 Å². The number of nitrogens with zero attached hydrogens (tertiary/aromatic N) is 3. The molecule has 0 saturated heterocycles. The molecule has 0 spiro atoms. The highest BCUT2D eigenvalue weighted by Gasteiger charge is 2.38. The summed E-state index contributed by atoms with van der Waals surface area (Å²) in [7, 11) is 0. The zero-order valence-electron chi connectivity index (χ0n) is 14.2. The molecule has 7 nitrogen and oxygen atoms in total. The Hall–Kier alpha value is -3.46. The Morgan fingerprint density at radius 1 is 1.07 bits per heavy atom. The highest BCUT2D eigenvalue weighted by Crippen LogP contribution is 2.24. The van der Waals surface area contributed by atoms with Crippen molar-refractivity contribution in [2.24, 2.45) is 0 Å². The lowest BCUT2D eigenvalue weighted by atomic mass is 10.1. The summed E-state index contributed by atoms with van der Waals surface area (Å²) in [5.74, 6) is -2.74. The van der Waals surface area contributed by atoms with E-state index in [0.717, 1.165) is 11.8 Å². The summed E-state index contributed by atoms with van der Waals surface area (Å²) in [5.41, 5.74) is 0.929. The number of hydrogen-bond acceptors (Lipinski definition) is 6. The third kappa shape index (κ3) is 3.27. The lowest BCUT2D eigenvalue weighted by Crippen LogP contribution is -2.33. The first-order valence-electron chi connectivity index (χ1n) is 8.15. The fourth-order valence-electron chi connectivity index (χ4n) is 2.72. The molecule has 2 amide bonds. The number of imidazole rings is 1. The second-order valence-electron chi connectivity index (χ2n) is 5.76. The summed E-state index contributed by atoms with van der Waals surface area (Å²) >= 11 is 1.04. The van der Waals surface area contributed by atoms with Gasteiger partial charge in [0, 0.05) is 12.4 Å². The van der Waals surface area contributed by atoms with Crippen LogP contribution in [0.25, 0.3) is 5.69 Å². The molecule has 1 aliphatic rings. The number of carbonyl (C=O) groups excluding carboxylic acids is 3. The van der Waals surface area contributed by atoms with Gasteiger partial charge in [-0.05, 0) is 30.3 Å². The van der Waals surface area contributed by atoms with E-state index in [4.69, 9.17) is 4.84 Å². The van der Waals surface area contributed by atoms with Crippen LogP contribution in [-0.4, -0.2) is 38.2 Å². The fourth-order valence-corrected chi connectivity index (χ4v) is 3.46. The monoisotopic (exact) mass is 397 g/mol. The normalized spacial score (nSPS) is 13.0. The van der Waals surface area contributed by atoms with Crippen LogP contribution < -0.4 is 0 Å². The molecular weight excluding hydrogens is 385 g/mol. The maximum Gasteiger partial charge on any atom is 0.343 e. The molecular formula is C19H12FN3O4S. The maximum absolute atomic E-state index is 13.4. The van der Waals surface area contributed by atoms with Crippen molar-refractivity contribution < 1.29 is 23.6 Å². The van der Waals surface area contributed by atoms with Gasteiger partial charge in [-0.2, -0.15) is 0 Å². The van der Waals surface area contributed by atoms with Crippen LogP contribution in [0.2, 0.25) is 0 Å². The van der Waals surface area contributed by atoms with E-state index >= 15 is 0 Å². The van der Waals surface area contributed by atoms with Gasteiger partial charge in [-0.15, -0.1) is 0 Å². The molecule has 0 N–H and O–H groups in total. The Kier molecular flexibility index (Phi) is 4.66. The van der Waals surface area contributed by atoms with Crippen molar-refractivity contribution in [3.05, 3.63) is 77.9 Å². The average Bonchev–Trinajstić information content (AvgIpc) is 3.26. The predicted octanol–water partition coefficient (Wildman–Crippen LogP) is 2.86. The molecule has 0 bridgehead atoms. The van der Waals surface area contributed by atoms with Crippen LogP contribution >= 0.6 is 11.8 Å². The number of rotatable bonds is 5. The summed E-state index contributed by atoms with van der Waals surface area (Å²) < 4.78 is 15.0. The van der Waals surface area contributed by atoms with E-state index in [1.807, 2.05) is 0 Å². The van der Waals surface area contributed by atoms with E-state index in [9.17, 15) is 18.8 Å². The van der Waals surface area contributed by atoms with Crippen LogP contribution in [0.15, 0.2) is 66.1 Å². The van der Waals surface area contributed by atoms with E-state index in [-0.39, 0.29) is 16.9 Å². The zero-order chi connectivity index (χ0) is 19.7. The molecule has 2 heterocycles. The van der Waals surface area contributed by atoms with Gasteiger partial charge in [0.2, 0.25) is 0 Å². The molecule has 0 saturated carbocycles. The van der Waals surface area contributed by atoms with Gasteiger partial charge in [0.25, 0.3) is 11.8 Å². The molecule has 0 radical (unpaired) electrons. The molecule has 0 fully saturated rings. The second kappa shape index (κ2) is 7.28. The summed E-state index contributed by atoms with van der Waals surface area (Å²) in [6.07, 6.45) is 3.15. The van der Waals surface area contributed by atoms with Crippen LogP contribution in [0.1, 0.15) is 20.7 Å². The van der Waals surface area contributed by atoms with Crippen molar-refractivity contribution in [3.8, 4) is 5.69 Å². The Morgan fingerprint density at radius 2 is 1.79 bits per heavy atom. The minimum Gasteiger partial charge on any atom is -0.329 e. The Bertz CT molecular complexity index is 1060. The quantitative estimate of drug-likeness (QED) is 0.486. The third-order valence-electron chi connectivity index (χ3n) is 3.96. The standard InChI is InChI=1S/C19H12FN3O4S/c20-12-4-3-5-13(10-12)22-9-8-21-19(22)28-11-16(24)27-23-17(25)14-6-1-2-7-15(14)18(23)26/h1-10H,11H2. The first-order valence-corrected chi connectivity index (χ1v) is 9.14. The summed E-state index contributed by atoms with van der Waals surface area (Å²) in [5, 5.41) is 0.900. The van der Waals surface area contributed by atoms with Crippen LogP contribution in [0.5, 0.6) is 0 Å². The number of thioether (sulfide) groups is 1. The smallest absolute Gasteiger partial charge is 0.329 e. The van der Waals surface area contributed by atoms with Gasteiger partial charge >= 0.3 is 5.97 Å². The maximum atomic E-state index is 13.4. The van der Waals surface area contributed by atoms with Gasteiger partial charge in [0.15, 0.2) is 5.16 Å². The molecule has 3 aromatic rings. The molecule has 140 valence electrons. The molecule has 9 heteroatoms. The number of aromatic nitrogens is 2. The minimum absolute atomic E-state index is 0.189. The fraction of sp³-hybridized carbons (Fsp3) is 0.0526. The van der Waals surface area contributed by atoms with Gasteiger partial charge < -0.3 is 4.84 Å². The van der Waals surface area contributed by atoms with Crippen molar-refractivity contribution in [1.82, 2.24) is 14.6 Å². The first-order chi connectivity index (χ1) is 13.5. The van der Waals surface area contributed by atoms with Gasteiger partial charge in [-0.25, -0.2) is 14.2 Å². The van der Waals surface area contributed by atoms with Gasteiger partial charge in [-0.3, -0.25) is 14.2 Å². The molecule has 2 aromatic carbocycles. The number of amides is 2. The molecule has 0 unspecified atom stereocenters. The zero-order valence-corrected chi connectivity index (χ0v) is 15.1. The molecule has 0 atom stereocenters. The molecule has 1 aromatic heterocycles. The largest absolute Gasteiger partial charge is 0.343 e. The Morgan fingerprint density at radius 3 is 2.46 bits per heavy atom.